The summed E-state index contributed by atoms with van der Waals surface area (Å²) in [6.07, 6.45) is 5.05. The van der Waals surface area contributed by atoms with Gasteiger partial charge in [0.25, 0.3) is 11.5 Å². The molecule has 1 fully saturated rings. The molecule has 5 heteroatoms. The summed E-state index contributed by atoms with van der Waals surface area (Å²) in [7, 11) is 0. The summed E-state index contributed by atoms with van der Waals surface area (Å²) >= 11 is 0. The van der Waals surface area contributed by atoms with E-state index in [0.29, 0.717) is 16.3 Å². The van der Waals surface area contributed by atoms with E-state index in [4.69, 9.17) is 0 Å². The molecule has 0 spiro atoms. The fourth-order valence-corrected chi connectivity index (χ4v) is 3.69. The average molecular weight is 361 g/mol. The number of H-pyrrole nitrogens is 1. The van der Waals surface area contributed by atoms with Crippen molar-refractivity contribution >= 4 is 22.4 Å². The predicted molar refractivity (Wildman–Crippen MR) is 108 cm³/mol. The van der Waals surface area contributed by atoms with Crippen LogP contribution in [0.2, 0.25) is 0 Å². The average Bonchev–Trinajstić information content (AvgIpc) is 3.21. The Labute approximate surface area is 158 Å². The molecule has 0 atom stereocenters. The number of rotatable bonds is 5. The Morgan fingerprint density at radius 2 is 1.81 bits per heavy atom. The van der Waals surface area contributed by atoms with Gasteiger partial charge < -0.3 is 15.2 Å². The molecule has 0 bridgehead atoms. The number of carbonyl (C=O) groups excluding carboxylic acids is 1. The molecule has 0 radical (unpaired) electrons. The summed E-state index contributed by atoms with van der Waals surface area (Å²) < 4.78 is 0. The van der Waals surface area contributed by atoms with Crippen LogP contribution in [-0.4, -0.2) is 35.4 Å². The van der Waals surface area contributed by atoms with Gasteiger partial charge in [0.05, 0.1) is 5.56 Å². The number of benzene rings is 2. The van der Waals surface area contributed by atoms with Gasteiger partial charge in [0.1, 0.15) is 0 Å². The molecule has 2 heterocycles. The molecule has 2 aromatic carbocycles. The molecule has 138 valence electrons. The van der Waals surface area contributed by atoms with Gasteiger partial charge in [-0.05, 0) is 56.1 Å². The highest BCUT2D eigenvalue weighted by Gasteiger charge is 2.13. The van der Waals surface area contributed by atoms with E-state index in [9.17, 15) is 9.59 Å². The number of likely N-dealkylation sites (tertiary alicyclic amines) is 1. The van der Waals surface area contributed by atoms with E-state index in [2.05, 4.69) is 21.3 Å². The number of amides is 1. The third-order valence-corrected chi connectivity index (χ3v) is 5.15. The Bertz CT molecular complexity index is 1020. The highest BCUT2D eigenvalue weighted by Crippen LogP contribution is 2.18. The van der Waals surface area contributed by atoms with E-state index in [1.807, 2.05) is 24.3 Å². The number of fused-ring (bicyclic) bond motifs is 1. The van der Waals surface area contributed by atoms with Crippen LogP contribution >= 0.6 is 0 Å². The van der Waals surface area contributed by atoms with Gasteiger partial charge in [-0.2, -0.15) is 0 Å². The van der Waals surface area contributed by atoms with Crippen LogP contribution in [0.4, 0.5) is 5.69 Å². The quantitative estimate of drug-likeness (QED) is 0.732. The molecule has 5 nitrogen and oxygen atoms in total. The molecule has 27 heavy (non-hydrogen) atoms. The molecule has 3 aromatic rings. The lowest BCUT2D eigenvalue weighted by molar-refractivity contribution is 0.102. The Balaban J connectivity index is 1.51. The van der Waals surface area contributed by atoms with Crippen molar-refractivity contribution in [2.45, 2.75) is 19.3 Å². The first-order chi connectivity index (χ1) is 13.2. The molecule has 1 amide bonds. The highest BCUT2D eigenvalue weighted by atomic mass is 16.1. The Hall–Kier alpha value is -2.92. The minimum absolute atomic E-state index is 0.189. The van der Waals surface area contributed by atoms with Crippen LogP contribution in [-0.2, 0) is 6.42 Å². The first-order valence-electron chi connectivity index (χ1n) is 9.44. The molecule has 4 rings (SSSR count). The SMILES string of the molecule is O=C(Nc1cccc(CCN2CCCC2)c1)c1c[nH]c(=O)c2ccccc12. The number of anilines is 1. The van der Waals surface area contributed by atoms with E-state index >= 15 is 0 Å². The summed E-state index contributed by atoms with van der Waals surface area (Å²) in [5, 5.41) is 4.14. The zero-order chi connectivity index (χ0) is 18.6. The molecule has 1 aliphatic rings. The summed E-state index contributed by atoms with van der Waals surface area (Å²) in [5.41, 5.74) is 2.26. The van der Waals surface area contributed by atoms with E-state index in [1.54, 1.807) is 18.2 Å². The predicted octanol–water partition coefficient (Wildman–Crippen LogP) is 3.42. The summed E-state index contributed by atoms with van der Waals surface area (Å²) in [6, 6.07) is 15.1. The third-order valence-electron chi connectivity index (χ3n) is 5.15. The zero-order valence-electron chi connectivity index (χ0n) is 15.2. The van der Waals surface area contributed by atoms with Gasteiger partial charge in [0.2, 0.25) is 0 Å². The summed E-state index contributed by atoms with van der Waals surface area (Å²) in [4.78, 5) is 29.9. The standard InChI is InChI=1S/C22H23N3O2/c26-21-19-9-2-1-8-18(19)20(15-23-21)22(27)24-17-7-5-6-16(14-17)10-13-25-11-3-4-12-25/h1-2,5-9,14-15H,3-4,10-13H2,(H,23,26)(H,24,27). The van der Waals surface area contributed by atoms with Crippen LogP contribution in [0.1, 0.15) is 28.8 Å². The normalized spacial score (nSPS) is 14.5. The maximum atomic E-state index is 12.8. The second-order valence-corrected chi connectivity index (χ2v) is 7.03. The third kappa shape index (κ3) is 3.93. The number of pyridine rings is 1. The van der Waals surface area contributed by atoms with E-state index in [-0.39, 0.29) is 11.5 Å². The van der Waals surface area contributed by atoms with Crippen LogP contribution in [0.15, 0.2) is 59.5 Å². The fourth-order valence-electron chi connectivity index (χ4n) is 3.69. The molecule has 0 saturated carbocycles. The van der Waals surface area contributed by atoms with Crippen LogP contribution < -0.4 is 10.9 Å². The van der Waals surface area contributed by atoms with Crippen molar-refractivity contribution in [2.24, 2.45) is 0 Å². The molecule has 1 saturated heterocycles. The van der Waals surface area contributed by atoms with Crippen molar-refractivity contribution in [3.63, 3.8) is 0 Å². The minimum atomic E-state index is -0.223. The molecular weight excluding hydrogens is 338 g/mol. The van der Waals surface area contributed by atoms with Gasteiger partial charge in [-0.15, -0.1) is 0 Å². The van der Waals surface area contributed by atoms with Crippen LogP contribution in [0, 0.1) is 0 Å². The van der Waals surface area contributed by atoms with Gasteiger partial charge in [-0.3, -0.25) is 9.59 Å². The lowest BCUT2D eigenvalue weighted by Gasteiger charge is -2.14. The maximum absolute atomic E-state index is 12.8. The topological polar surface area (TPSA) is 65.2 Å². The van der Waals surface area contributed by atoms with Gasteiger partial charge >= 0.3 is 0 Å². The molecule has 1 aliphatic heterocycles. The number of hydrogen-bond donors (Lipinski definition) is 2. The number of hydrogen-bond acceptors (Lipinski definition) is 3. The Morgan fingerprint density at radius 1 is 1.04 bits per heavy atom. The van der Waals surface area contributed by atoms with Gasteiger partial charge in [0, 0.05) is 29.2 Å². The first-order valence-corrected chi connectivity index (χ1v) is 9.44. The number of nitrogens with zero attached hydrogens (tertiary/aromatic N) is 1. The summed E-state index contributed by atoms with van der Waals surface area (Å²) in [5.74, 6) is -0.223. The summed E-state index contributed by atoms with van der Waals surface area (Å²) in [6.45, 7) is 3.44. The van der Waals surface area contributed by atoms with Gasteiger partial charge in [0.15, 0.2) is 0 Å². The van der Waals surface area contributed by atoms with Gasteiger partial charge in [-0.25, -0.2) is 0 Å². The van der Waals surface area contributed by atoms with Crippen LogP contribution in [0.3, 0.4) is 0 Å². The van der Waals surface area contributed by atoms with Crippen LogP contribution in [0.5, 0.6) is 0 Å². The Kier molecular flexibility index (Phi) is 5.03. The zero-order valence-corrected chi connectivity index (χ0v) is 15.2. The highest BCUT2D eigenvalue weighted by molar-refractivity contribution is 6.12. The van der Waals surface area contributed by atoms with Crippen molar-refractivity contribution in [3.05, 3.63) is 76.2 Å². The molecule has 1 aromatic heterocycles. The largest absolute Gasteiger partial charge is 0.328 e. The maximum Gasteiger partial charge on any atom is 0.257 e. The van der Waals surface area contributed by atoms with E-state index < -0.39 is 0 Å². The monoisotopic (exact) mass is 361 g/mol. The van der Waals surface area contributed by atoms with Crippen LogP contribution in [0.25, 0.3) is 10.8 Å². The first kappa shape index (κ1) is 17.5. The number of nitrogens with one attached hydrogen (secondary N) is 2. The number of aromatic nitrogens is 1. The lowest BCUT2D eigenvalue weighted by atomic mass is 10.1. The Morgan fingerprint density at radius 3 is 2.63 bits per heavy atom. The van der Waals surface area contributed by atoms with E-state index in [1.165, 1.54) is 37.7 Å². The number of aromatic amines is 1. The van der Waals surface area contributed by atoms with Crippen molar-refractivity contribution in [2.75, 3.05) is 25.0 Å². The molecule has 2 N–H and O–H groups in total. The smallest absolute Gasteiger partial charge is 0.257 e. The van der Waals surface area contributed by atoms with Crippen molar-refractivity contribution in [1.29, 1.82) is 0 Å². The second kappa shape index (κ2) is 7.76. The molecule has 0 unspecified atom stereocenters. The number of carbonyl (C=O) groups is 1. The van der Waals surface area contributed by atoms with E-state index in [0.717, 1.165) is 18.7 Å². The van der Waals surface area contributed by atoms with Crippen molar-refractivity contribution < 1.29 is 4.79 Å². The van der Waals surface area contributed by atoms with Gasteiger partial charge in [-0.1, -0.05) is 30.3 Å². The van der Waals surface area contributed by atoms with Crippen molar-refractivity contribution in [1.82, 2.24) is 9.88 Å². The van der Waals surface area contributed by atoms with Crippen molar-refractivity contribution in [3.8, 4) is 0 Å². The minimum Gasteiger partial charge on any atom is -0.328 e. The lowest BCUT2D eigenvalue weighted by Crippen LogP contribution is -2.22. The fraction of sp³-hybridized carbons (Fsp3) is 0.273. The molecular formula is C22H23N3O2. The molecule has 0 aliphatic carbocycles. The second-order valence-electron chi connectivity index (χ2n) is 7.03.